The second-order valence-electron chi connectivity index (χ2n) is 12.5. The third-order valence-electron chi connectivity index (χ3n) is 6.70. The molecule has 9 nitrogen and oxygen atoms in total. The molecular weight excluding hydrogens is 613 g/mol. The van der Waals surface area contributed by atoms with E-state index in [9.17, 15) is 29.4 Å². The number of benzene rings is 2. The van der Waals surface area contributed by atoms with Crippen molar-refractivity contribution in [3.05, 3.63) is 81.5 Å². The molecule has 4 rings (SSSR count). The van der Waals surface area contributed by atoms with E-state index in [0.29, 0.717) is 11.1 Å². The lowest BCUT2D eigenvalue weighted by atomic mass is 9.87. The van der Waals surface area contributed by atoms with Gasteiger partial charge in [-0.05, 0) is 22.0 Å². The standard InChI is InChI=1S/C34H36N2O7S2/c1-33(2,3)27-23(19-13-9-7-10-14-19)25(31(39)40)29(44-27)35-21(37)17-43-18-22(38)36-30-26(32(41)42)24(20-15-11-8-12-16-20)28(45-30)34(4,5)6/h7-16H,17-18H2,1-6H3,(H,35,37)(H,36,38)(H,39,40)(H,41,42). The monoisotopic (exact) mass is 648 g/mol. The largest absolute Gasteiger partial charge is 0.478 e. The molecule has 2 aromatic carbocycles. The van der Waals surface area contributed by atoms with E-state index in [1.807, 2.05) is 102 Å². The number of hydrogen-bond donors (Lipinski definition) is 4. The molecule has 45 heavy (non-hydrogen) atoms. The first-order valence-electron chi connectivity index (χ1n) is 14.2. The molecule has 11 heteroatoms. The number of ether oxygens (including phenoxy) is 1. The highest BCUT2D eigenvalue weighted by molar-refractivity contribution is 7.18. The van der Waals surface area contributed by atoms with Gasteiger partial charge in [0.15, 0.2) is 0 Å². The van der Waals surface area contributed by atoms with Gasteiger partial charge in [0.1, 0.15) is 34.3 Å². The lowest BCUT2D eigenvalue weighted by Crippen LogP contribution is -2.24. The molecule has 0 bridgehead atoms. The van der Waals surface area contributed by atoms with Crippen molar-refractivity contribution in [1.29, 1.82) is 0 Å². The van der Waals surface area contributed by atoms with E-state index >= 15 is 0 Å². The summed E-state index contributed by atoms with van der Waals surface area (Å²) in [5.41, 5.74) is 1.72. The third kappa shape index (κ3) is 7.67. The molecular formula is C34H36N2O7S2. The van der Waals surface area contributed by atoms with Crippen molar-refractivity contribution in [3.63, 3.8) is 0 Å². The van der Waals surface area contributed by atoms with Gasteiger partial charge < -0.3 is 25.6 Å². The van der Waals surface area contributed by atoms with E-state index in [1.54, 1.807) is 0 Å². The molecule has 0 atom stereocenters. The molecule has 0 aliphatic rings. The summed E-state index contributed by atoms with van der Waals surface area (Å²) in [4.78, 5) is 52.1. The molecule has 4 N–H and O–H groups in total. The van der Waals surface area contributed by atoms with E-state index < -0.39 is 47.8 Å². The average molecular weight is 649 g/mol. The molecule has 0 radical (unpaired) electrons. The first kappa shape index (κ1) is 33.6. The van der Waals surface area contributed by atoms with Gasteiger partial charge in [0.2, 0.25) is 0 Å². The summed E-state index contributed by atoms with van der Waals surface area (Å²) in [7, 11) is 0. The number of carboxylic acid groups (broad SMARTS) is 2. The Hall–Kier alpha value is -4.32. The van der Waals surface area contributed by atoms with Gasteiger partial charge in [-0.2, -0.15) is 0 Å². The second-order valence-corrected chi connectivity index (χ2v) is 14.5. The zero-order valence-corrected chi connectivity index (χ0v) is 27.6. The molecule has 0 spiro atoms. The molecule has 0 saturated carbocycles. The van der Waals surface area contributed by atoms with Crippen molar-refractivity contribution < 1.29 is 34.1 Å². The number of rotatable bonds is 10. The Morgan fingerprint density at radius 1 is 0.622 bits per heavy atom. The highest BCUT2D eigenvalue weighted by Crippen LogP contribution is 2.47. The zero-order chi connectivity index (χ0) is 33.1. The number of carbonyl (C=O) groups is 4. The number of nitrogens with one attached hydrogen (secondary N) is 2. The summed E-state index contributed by atoms with van der Waals surface area (Å²) in [6.45, 7) is 10.8. The Morgan fingerprint density at radius 3 is 1.24 bits per heavy atom. The summed E-state index contributed by atoms with van der Waals surface area (Å²) in [5.74, 6) is -3.61. The van der Waals surface area contributed by atoms with Gasteiger partial charge in [-0.15, -0.1) is 22.7 Å². The summed E-state index contributed by atoms with van der Waals surface area (Å²) in [6, 6.07) is 18.3. The van der Waals surface area contributed by atoms with Crippen LogP contribution in [0.15, 0.2) is 60.7 Å². The number of carboxylic acids is 2. The van der Waals surface area contributed by atoms with Crippen molar-refractivity contribution in [2.24, 2.45) is 0 Å². The van der Waals surface area contributed by atoms with Gasteiger partial charge in [-0.25, -0.2) is 9.59 Å². The molecule has 0 unspecified atom stereocenters. The number of thiophene rings is 2. The van der Waals surface area contributed by atoms with Crippen LogP contribution in [0.1, 0.15) is 72.0 Å². The lowest BCUT2D eigenvalue weighted by molar-refractivity contribution is -0.125. The van der Waals surface area contributed by atoms with Crippen LogP contribution in [0, 0.1) is 0 Å². The highest BCUT2D eigenvalue weighted by atomic mass is 32.1. The first-order chi connectivity index (χ1) is 21.1. The van der Waals surface area contributed by atoms with Gasteiger partial charge in [-0.1, -0.05) is 102 Å². The van der Waals surface area contributed by atoms with Crippen LogP contribution in [0.2, 0.25) is 0 Å². The van der Waals surface area contributed by atoms with Gasteiger partial charge >= 0.3 is 11.9 Å². The molecule has 0 aliphatic heterocycles. The Labute approximate surface area is 269 Å². The Bertz CT molecular complexity index is 1600. The molecule has 0 fully saturated rings. The molecule has 2 heterocycles. The van der Waals surface area contributed by atoms with E-state index in [2.05, 4.69) is 10.6 Å². The SMILES string of the molecule is CC(C)(C)c1sc(NC(=O)COCC(=O)Nc2sc(C(C)(C)C)c(-c3ccccc3)c2C(=O)O)c(C(=O)O)c1-c1ccccc1. The van der Waals surface area contributed by atoms with Crippen molar-refractivity contribution in [2.75, 3.05) is 23.8 Å². The topological polar surface area (TPSA) is 142 Å². The number of aromatic carboxylic acids is 2. The zero-order valence-electron chi connectivity index (χ0n) is 25.9. The van der Waals surface area contributed by atoms with Crippen LogP contribution in [0.25, 0.3) is 22.3 Å². The maximum Gasteiger partial charge on any atom is 0.339 e. The molecule has 4 aromatic rings. The maximum atomic E-state index is 12.9. The predicted molar refractivity (Wildman–Crippen MR) is 179 cm³/mol. The molecule has 2 aromatic heterocycles. The normalized spacial score (nSPS) is 11.7. The Morgan fingerprint density at radius 2 is 0.956 bits per heavy atom. The Balaban J connectivity index is 1.50. The molecule has 0 saturated heterocycles. The van der Waals surface area contributed by atoms with Crippen LogP contribution < -0.4 is 10.6 Å². The summed E-state index contributed by atoms with van der Waals surface area (Å²) in [6.07, 6.45) is 0. The third-order valence-corrected chi connectivity index (χ3v) is 9.77. The lowest BCUT2D eigenvalue weighted by Gasteiger charge is -2.19. The minimum absolute atomic E-state index is 0.00927. The van der Waals surface area contributed by atoms with Crippen molar-refractivity contribution in [1.82, 2.24) is 0 Å². The minimum Gasteiger partial charge on any atom is -0.478 e. The maximum absolute atomic E-state index is 12.9. The van der Waals surface area contributed by atoms with E-state index in [0.717, 1.165) is 20.9 Å². The Kier molecular flexibility index (Phi) is 9.96. The van der Waals surface area contributed by atoms with E-state index in [1.165, 1.54) is 22.7 Å². The molecule has 2 amide bonds. The van der Waals surface area contributed by atoms with E-state index in [-0.39, 0.29) is 21.1 Å². The smallest absolute Gasteiger partial charge is 0.339 e. The molecule has 0 aliphatic carbocycles. The number of anilines is 2. The number of amides is 2. The minimum atomic E-state index is -1.18. The second kappa shape index (κ2) is 13.4. The van der Waals surface area contributed by atoms with E-state index in [4.69, 9.17) is 4.74 Å². The fourth-order valence-electron chi connectivity index (χ4n) is 4.83. The fourth-order valence-corrected chi connectivity index (χ4v) is 7.40. The first-order valence-corrected chi connectivity index (χ1v) is 15.8. The fraction of sp³-hybridized carbons (Fsp3) is 0.294. The van der Waals surface area contributed by atoms with Gasteiger partial charge in [0.25, 0.3) is 11.8 Å². The van der Waals surface area contributed by atoms with Crippen LogP contribution in [0.4, 0.5) is 10.0 Å². The van der Waals surface area contributed by atoms with Gasteiger partial charge in [-0.3, -0.25) is 9.59 Å². The van der Waals surface area contributed by atoms with Crippen LogP contribution in [0.5, 0.6) is 0 Å². The van der Waals surface area contributed by atoms with Crippen LogP contribution in [0.3, 0.4) is 0 Å². The van der Waals surface area contributed by atoms with Crippen molar-refractivity contribution in [2.45, 2.75) is 52.4 Å². The van der Waals surface area contributed by atoms with Crippen molar-refractivity contribution >= 4 is 56.4 Å². The predicted octanol–water partition coefficient (Wildman–Crippen LogP) is 7.73. The number of hydrogen-bond acceptors (Lipinski definition) is 7. The quantitative estimate of drug-likeness (QED) is 0.138. The summed E-state index contributed by atoms with van der Waals surface area (Å²) < 4.78 is 5.37. The van der Waals surface area contributed by atoms with Gasteiger partial charge in [0.05, 0.1) is 0 Å². The summed E-state index contributed by atoms with van der Waals surface area (Å²) >= 11 is 2.38. The molecule has 236 valence electrons. The van der Waals surface area contributed by atoms with Crippen LogP contribution in [-0.2, 0) is 25.2 Å². The summed E-state index contributed by atoms with van der Waals surface area (Å²) in [5, 5.41) is 25.9. The highest BCUT2D eigenvalue weighted by Gasteiger charge is 2.32. The number of carbonyl (C=O) groups excluding carboxylic acids is 2. The van der Waals surface area contributed by atoms with Crippen molar-refractivity contribution in [3.8, 4) is 22.3 Å². The average Bonchev–Trinajstić information content (AvgIpc) is 3.53. The van der Waals surface area contributed by atoms with Crippen LogP contribution >= 0.6 is 22.7 Å². The van der Waals surface area contributed by atoms with Crippen LogP contribution in [-0.4, -0.2) is 47.2 Å². The van der Waals surface area contributed by atoms with Gasteiger partial charge in [0, 0.05) is 20.9 Å².